The molecular formula is C29H33BrN2O3. The van der Waals surface area contributed by atoms with E-state index in [1.54, 1.807) is 12.0 Å². The van der Waals surface area contributed by atoms with Gasteiger partial charge in [0.2, 0.25) is 11.8 Å². The summed E-state index contributed by atoms with van der Waals surface area (Å²) in [6, 6.07) is 24.6. The van der Waals surface area contributed by atoms with Gasteiger partial charge in [0.15, 0.2) is 0 Å². The number of carbonyl (C=O) groups is 2. The Balaban J connectivity index is 1.91. The summed E-state index contributed by atoms with van der Waals surface area (Å²) in [6.07, 6.45) is 2.54. The van der Waals surface area contributed by atoms with E-state index < -0.39 is 6.04 Å². The van der Waals surface area contributed by atoms with Gasteiger partial charge in [-0.25, -0.2) is 0 Å². The van der Waals surface area contributed by atoms with Crippen molar-refractivity contribution in [2.24, 2.45) is 0 Å². The molecule has 0 aromatic heterocycles. The van der Waals surface area contributed by atoms with Crippen LogP contribution in [0.5, 0.6) is 5.75 Å². The van der Waals surface area contributed by atoms with Crippen molar-refractivity contribution in [2.75, 3.05) is 13.7 Å². The van der Waals surface area contributed by atoms with E-state index in [2.05, 4.69) is 28.2 Å². The van der Waals surface area contributed by atoms with Crippen molar-refractivity contribution in [1.29, 1.82) is 0 Å². The Hall–Kier alpha value is -3.12. The van der Waals surface area contributed by atoms with Crippen LogP contribution in [0, 0.1) is 0 Å². The van der Waals surface area contributed by atoms with E-state index in [0.29, 0.717) is 19.5 Å². The number of nitrogens with one attached hydrogen (secondary N) is 1. The van der Waals surface area contributed by atoms with Crippen LogP contribution in [-0.2, 0) is 29.0 Å². The summed E-state index contributed by atoms with van der Waals surface area (Å²) in [6.45, 7) is 3.03. The Morgan fingerprint density at radius 1 is 0.914 bits per heavy atom. The second-order valence-corrected chi connectivity index (χ2v) is 9.44. The first kappa shape index (κ1) is 26.5. The molecule has 0 spiro atoms. The summed E-state index contributed by atoms with van der Waals surface area (Å²) >= 11 is 3.47. The summed E-state index contributed by atoms with van der Waals surface area (Å²) in [5.74, 6) is 0.525. The molecule has 0 aliphatic heterocycles. The quantitative estimate of drug-likeness (QED) is 0.308. The molecule has 0 heterocycles. The second-order valence-electron chi connectivity index (χ2n) is 8.52. The molecule has 0 fully saturated rings. The van der Waals surface area contributed by atoms with Crippen LogP contribution in [0.25, 0.3) is 0 Å². The highest BCUT2D eigenvalue weighted by atomic mass is 79.9. The van der Waals surface area contributed by atoms with Crippen LogP contribution in [0.4, 0.5) is 0 Å². The number of hydrogen-bond donors (Lipinski definition) is 1. The maximum Gasteiger partial charge on any atom is 0.243 e. The Morgan fingerprint density at radius 2 is 1.57 bits per heavy atom. The van der Waals surface area contributed by atoms with E-state index in [0.717, 1.165) is 39.8 Å². The smallest absolute Gasteiger partial charge is 0.243 e. The molecule has 184 valence electrons. The number of unbranched alkanes of at least 4 members (excludes halogenated alkanes) is 1. The van der Waals surface area contributed by atoms with E-state index >= 15 is 0 Å². The first-order chi connectivity index (χ1) is 17.0. The molecule has 0 saturated carbocycles. The van der Waals surface area contributed by atoms with Gasteiger partial charge in [-0.15, -0.1) is 0 Å². The molecule has 3 aromatic carbocycles. The van der Waals surface area contributed by atoms with Crippen molar-refractivity contribution in [1.82, 2.24) is 10.2 Å². The summed E-state index contributed by atoms with van der Waals surface area (Å²) < 4.78 is 6.21. The van der Waals surface area contributed by atoms with E-state index in [1.807, 2.05) is 78.9 Å². The standard InChI is InChI=1S/C29H33BrN2O3/c1-3-4-18-31-29(34)27(19-22-8-6-5-7-9-22)32(21-24-10-14-25(30)15-11-24)28(33)20-23-12-16-26(35-2)17-13-23/h5-17,27H,3-4,18-21H2,1-2H3,(H,31,34). The number of ether oxygens (including phenoxy) is 1. The maximum absolute atomic E-state index is 13.7. The minimum Gasteiger partial charge on any atom is -0.497 e. The van der Waals surface area contributed by atoms with Gasteiger partial charge in [-0.1, -0.05) is 83.9 Å². The molecule has 1 atom stereocenters. The summed E-state index contributed by atoms with van der Waals surface area (Å²) in [5, 5.41) is 3.06. The predicted molar refractivity (Wildman–Crippen MR) is 143 cm³/mol. The molecule has 0 aliphatic carbocycles. The molecule has 5 nitrogen and oxygen atoms in total. The summed E-state index contributed by atoms with van der Waals surface area (Å²) in [5.41, 5.74) is 2.86. The van der Waals surface area contributed by atoms with E-state index in [1.165, 1.54) is 0 Å². The number of amides is 2. The molecule has 1 N–H and O–H groups in total. The SMILES string of the molecule is CCCCNC(=O)C(Cc1ccccc1)N(Cc1ccc(Br)cc1)C(=O)Cc1ccc(OC)cc1. The lowest BCUT2D eigenvalue weighted by atomic mass is 10.0. The first-order valence-electron chi connectivity index (χ1n) is 12.0. The van der Waals surface area contributed by atoms with Gasteiger partial charge in [0, 0.05) is 24.0 Å². The lowest BCUT2D eigenvalue weighted by molar-refractivity contribution is -0.140. The molecule has 0 aliphatic rings. The molecule has 2 amide bonds. The van der Waals surface area contributed by atoms with Gasteiger partial charge >= 0.3 is 0 Å². The van der Waals surface area contributed by atoms with Crippen LogP contribution in [-0.4, -0.2) is 36.4 Å². The van der Waals surface area contributed by atoms with Crippen molar-refractivity contribution in [2.45, 2.75) is 45.2 Å². The molecule has 0 radical (unpaired) electrons. The number of methoxy groups -OCH3 is 1. The van der Waals surface area contributed by atoms with Gasteiger partial charge in [0.25, 0.3) is 0 Å². The van der Waals surface area contributed by atoms with Gasteiger partial charge in [-0.05, 0) is 47.4 Å². The van der Waals surface area contributed by atoms with Crippen LogP contribution >= 0.6 is 15.9 Å². The zero-order valence-electron chi connectivity index (χ0n) is 20.4. The fourth-order valence-corrected chi connectivity index (χ4v) is 4.13. The molecule has 0 bridgehead atoms. The second kappa shape index (κ2) is 13.7. The largest absolute Gasteiger partial charge is 0.497 e. The molecule has 3 rings (SSSR count). The highest BCUT2D eigenvalue weighted by molar-refractivity contribution is 9.10. The minimum absolute atomic E-state index is 0.0929. The average molecular weight is 537 g/mol. The lowest BCUT2D eigenvalue weighted by Crippen LogP contribution is -2.51. The third-order valence-electron chi connectivity index (χ3n) is 5.88. The molecule has 0 saturated heterocycles. The number of benzene rings is 3. The number of nitrogens with zero attached hydrogens (tertiary/aromatic N) is 1. The van der Waals surface area contributed by atoms with Crippen LogP contribution in [0.3, 0.4) is 0 Å². The fourth-order valence-electron chi connectivity index (χ4n) is 3.87. The lowest BCUT2D eigenvalue weighted by Gasteiger charge is -2.32. The molecule has 35 heavy (non-hydrogen) atoms. The van der Waals surface area contributed by atoms with Gasteiger partial charge in [-0.3, -0.25) is 9.59 Å². The van der Waals surface area contributed by atoms with Gasteiger partial charge < -0.3 is 15.0 Å². The van der Waals surface area contributed by atoms with Crippen molar-refractivity contribution < 1.29 is 14.3 Å². The highest BCUT2D eigenvalue weighted by Crippen LogP contribution is 2.19. The average Bonchev–Trinajstić information content (AvgIpc) is 2.88. The zero-order chi connectivity index (χ0) is 25.0. The van der Waals surface area contributed by atoms with Gasteiger partial charge in [-0.2, -0.15) is 0 Å². The number of halogens is 1. The summed E-state index contributed by atoms with van der Waals surface area (Å²) in [4.78, 5) is 28.9. The van der Waals surface area contributed by atoms with Crippen molar-refractivity contribution in [3.05, 3.63) is 100 Å². The van der Waals surface area contributed by atoms with Crippen LogP contribution in [0.2, 0.25) is 0 Å². The van der Waals surface area contributed by atoms with Gasteiger partial charge in [0.05, 0.1) is 13.5 Å². The normalized spacial score (nSPS) is 11.5. The van der Waals surface area contributed by atoms with Crippen molar-refractivity contribution in [3.8, 4) is 5.75 Å². The minimum atomic E-state index is -0.622. The molecular weight excluding hydrogens is 504 g/mol. The monoisotopic (exact) mass is 536 g/mol. The Morgan fingerprint density at radius 3 is 2.20 bits per heavy atom. The molecule has 1 unspecified atom stereocenters. The maximum atomic E-state index is 13.7. The number of hydrogen-bond acceptors (Lipinski definition) is 3. The van der Waals surface area contributed by atoms with Gasteiger partial charge in [0.1, 0.15) is 11.8 Å². The fraction of sp³-hybridized carbons (Fsp3) is 0.310. The highest BCUT2D eigenvalue weighted by Gasteiger charge is 2.30. The molecule has 3 aromatic rings. The van der Waals surface area contributed by atoms with Crippen LogP contribution in [0.15, 0.2) is 83.3 Å². The predicted octanol–water partition coefficient (Wildman–Crippen LogP) is 5.56. The Bertz CT molecular complexity index is 1070. The van der Waals surface area contributed by atoms with E-state index in [-0.39, 0.29) is 18.2 Å². The topological polar surface area (TPSA) is 58.6 Å². The van der Waals surface area contributed by atoms with E-state index in [4.69, 9.17) is 4.74 Å². The number of rotatable bonds is 12. The Labute approximate surface area is 216 Å². The summed E-state index contributed by atoms with van der Waals surface area (Å²) in [7, 11) is 1.62. The third kappa shape index (κ3) is 8.25. The van der Waals surface area contributed by atoms with Crippen LogP contribution < -0.4 is 10.1 Å². The molecule has 6 heteroatoms. The Kier molecular flexibility index (Phi) is 10.4. The van der Waals surface area contributed by atoms with Crippen molar-refractivity contribution >= 4 is 27.7 Å². The van der Waals surface area contributed by atoms with E-state index in [9.17, 15) is 9.59 Å². The third-order valence-corrected chi connectivity index (χ3v) is 6.41. The zero-order valence-corrected chi connectivity index (χ0v) is 22.0. The number of carbonyl (C=O) groups excluding carboxylic acids is 2. The first-order valence-corrected chi connectivity index (χ1v) is 12.8. The van der Waals surface area contributed by atoms with Crippen molar-refractivity contribution in [3.63, 3.8) is 0 Å². The van der Waals surface area contributed by atoms with Crippen LogP contribution in [0.1, 0.15) is 36.5 Å².